The molecule has 16 heavy (non-hydrogen) atoms. The van der Waals surface area contributed by atoms with Crippen LogP contribution >= 0.6 is 0 Å². The molecule has 1 aliphatic rings. The molecule has 1 N–H and O–H groups in total. The summed E-state index contributed by atoms with van der Waals surface area (Å²) in [5.74, 6) is -1.09. The second kappa shape index (κ2) is 4.78. The summed E-state index contributed by atoms with van der Waals surface area (Å²) < 4.78 is 31.5. The lowest BCUT2D eigenvalue weighted by Gasteiger charge is -2.28. The van der Waals surface area contributed by atoms with Crippen molar-refractivity contribution in [3.8, 4) is 0 Å². The minimum Gasteiger partial charge on any atom is -0.380 e. The monoisotopic (exact) mass is 227 g/mol. The molecule has 1 fully saturated rings. The molecule has 1 heterocycles. The summed E-state index contributed by atoms with van der Waals surface area (Å²) in [6, 6.07) is 3.79. The van der Waals surface area contributed by atoms with Crippen molar-refractivity contribution >= 4 is 5.69 Å². The molecule has 2 atom stereocenters. The number of rotatable bonds is 2. The van der Waals surface area contributed by atoms with Crippen molar-refractivity contribution in [2.24, 2.45) is 0 Å². The number of hydrogen-bond donors (Lipinski definition) is 1. The Balaban J connectivity index is 2.02. The van der Waals surface area contributed by atoms with Crippen LogP contribution in [0.5, 0.6) is 0 Å². The highest BCUT2D eigenvalue weighted by molar-refractivity contribution is 5.45. The van der Waals surface area contributed by atoms with E-state index in [1.54, 1.807) is 0 Å². The van der Waals surface area contributed by atoms with Crippen LogP contribution in [-0.4, -0.2) is 18.8 Å². The Kier molecular flexibility index (Phi) is 3.39. The number of benzene rings is 1. The molecule has 2 rings (SSSR count). The van der Waals surface area contributed by atoms with Gasteiger partial charge in [0.1, 0.15) is 11.6 Å². The zero-order valence-corrected chi connectivity index (χ0v) is 9.17. The van der Waals surface area contributed by atoms with Gasteiger partial charge in [-0.25, -0.2) is 8.78 Å². The van der Waals surface area contributed by atoms with Crippen LogP contribution in [0.15, 0.2) is 18.2 Å². The zero-order chi connectivity index (χ0) is 11.5. The Morgan fingerprint density at radius 3 is 2.88 bits per heavy atom. The maximum absolute atomic E-state index is 13.4. The highest BCUT2D eigenvalue weighted by Crippen LogP contribution is 2.21. The fraction of sp³-hybridized carbons (Fsp3) is 0.500. The minimum atomic E-state index is -0.552. The minimum absolute atomic E-state index is 0.190. The van der Waals surface area contributed by atoms with Crippen molar-refractivity contribution in [2.45, 2.75) is 31.9 Å². The summed E-state index contributed by atoms with van der Waals surface area (Å²) in [5.41, 5.74) is 0.362. The number of nitrogens with one attached hydrogen (secondary N) is 1. The van der Waals surface area contributed by atoms with E-state index in [0.717, 1.165) is 18.9 Å². The van der Waals surface area contributed by atoms with E-state index in [0.29, 0.717) is 12.3 Å². The standard InChI is InChI=1S/C12H15F2NO/c1-8-6-10(4-5-16-8)15-12-3-2-9(13)7-11(12)14/h2-3,7-8,10,15H,4-6H2,1H3. The molecular formula is C12H15F2NO. The van der Waals surface area contributed by atoms with Crippen molar-refractivity contribution in [3.63, 3.8) is 0 Å². The van der Waals surface area contributed by atoms with E-state index < -0.39 is 11.6 Å². The van der Waals surface area contributed by atoms with Crippen LogP contribution in [0.4, 0.5) is 14.5 Å². The molecule has 0 aromatic heterocycles. The van der Waals surface area contributed by atoms with Crippen molar-refractivity contribution in [1.82, 2.24) is 0 Å². The first kappa shape index (κ1) is 11.3. The predicted octanol–water partition coefficient (Wildman–Crippen LogP) is 2.94. The molecule has 0 radical (unpaired) electrons. The highest BCUT2D eigenvalue weighted by atomic mass is 19.1. The van der Waals surface area contributed by atoms with Gasteiger partial charge in [-0.2, -0.15) is 0 Å². The smallest absolute Gasteiger partial charge is 0.149 e. The van der Waals surface area contributed by atoms with Crippen LogP contribution in [0, 0.1) is 11.6 Å². The van der Waals surface area contributed by atoms with Crippen LogP contribution in [0.1, 0.15) is 19.8 Å². The van der Waals surface area contributed by atoms with E-state index in [9.17, 15) is 8.78 Å². The van der Waals surface area contributed by atoms with Crippen molar-refractivity contribution in [3.05, 3.63) is 29.8 Å². The maximum Gasteiger partial charge on any atom is 0.149 e. The van der Waals surface area contributed by atoms with E-state index in [1.165, 1.54) is 12.1 Å². The SMILES string of the molecule is CC1CC(Nc2ccc(F)cc2F)CCO1. The Morgan fingerprint density at radius 2 is 2.19 bits per heavy atom. The van der Waals surface area contributed by atoms with Gasteiger partial charge in [-0.15, -0.1) is 0 Å². The highest BCUT2D eigenvalue weighted by Gasteiger charge is 2.19. The van der Waals surface area contributed by atoms with Gasteiger partial charge in [0.2, 0.25) is 0 Å². The quantitative estimate of drug-likeness (QED) is 0.838. The summed E-state index contributed by atoms with van der Waals surface area (Å²) in [6.45, 7) is 2.68. The van der Waals surface area contributed by atoms with Crippen LogP contribution in [0.25, 0.3) is 0 Å². The molecule has 0 amide bonds. The Morgan fingerprint density at radius 1 is 1.38 bits per heavy atom. The van der Waals surface area contributed by atoms with Crippen LogP contribution in [0.2, 0.25) is 0 Å². The van der Waals surface area contributed by atoms with Gasteiger partial charge >= 0.3 is 0 Å². The van der Waals surface area contributed by atoms with Gasteiger partial charge in [0, 0.05) is 18.7 Å². The molecule has 0 aliphatic carbocycles. The third-order valence-corrected chi connectivity index (χ3v) is 2.78. The van der Waals surface area contributed by atoms with Gasteiger partial charge < -0.3 is 10.1 Å². The van der Waals surface area contributed by atoms with Crippen LogP contribution < -0.4 is 5.32 Å². The Bertz CT molecular complexity index is 370. The molecule has 1 aliphatic heterocycles. The first-order chi connectivity index (χ1) is 7.65. The molecule has 88 valence electrons. The van der Waals surface area contributed by atoms with E-state index in [2.05, 4.69) is 5.32 Å². The van der Waals surface area contributed by atoms with Crippen molar-refractivity contribution in [1.29, 1.82) is 0 Å². The molecule has 0 saturated carbocycles. The number of anilines is 1. The summed E-state index contributed by atoms with van der Waals surface area (Å²) in [5, 5.41) is 3.09. The van der Waals surface area contributed by atoms with Crippen LogP contribution in [-0.2, 0) is 4.74 Å². The third-order valence-electron chi connectivity index (χ3n) is 2.78. The first-order valence-corrected chi connectivity index (χ1v) is 5.48. The molecule has 1 aromatic rings. The lowest BCUT2D eigenvalue weighted by Crippen LogP contribution is -2.32. The molecule has 0 spiro atoms. The van der Waals surface area contributed by atoms with Gasteiger partial charge in [-0.05, 0) is 31.9 Å². The average molecular weight is 227 g/mol. The van der Waals surface area contributed by atoms with E-state index >= 15 is 0 Å². The fourth-order valence-electron chi connectivity index (χ4n) is 1.96. The molecular weight excluding hydrogens is 212 g/mol. The number of ether oxygens (including phenoxy) is 1. The molecule has 4 heteroatoms. The van der Waals surface area contributed by atoms with E-state index in [4.69, 9.17) is 4.74 Å². The van der Waals surface area contributed by atoms with Gasteiger partial charge in [0.15, 0.2) is 0 Å². The summed E-state index contributed by atoms with van der Waals surface area (Å²) >= 11 is 0. The maximum atomic E-state index is 13.4. The third kappa shape index (κ3) is 2.70. The molecule has 0 bridgehead atoms. The molecule has 2 nitrogen and oxygen atoms in total. The second-order valence-corrected chi connectivity index (χ2v) is 4.17. The van der Waals surface area contributed by atoms with Gasteiger partial charge in [0.25, 0.3) is 0 Å². The Hall–Kier alpha value is -1.16. The van der Waals surface area contributed by atoms with Gasteiger partial charge in [0.05, 0.1) is 11.8 Å². The lowest BCUT2D eigenvalue weighted by molar-refractivity contribution is 0.0232. The Labute approximate surface area is 93.6 Å². The van der Waals surface area contributed by atoms with Crippen molar-refractivity contribution < 1.29 is 13.5 Å². The summed E-state index contributed by atoms with van der Waals surface area (Å²) in [4.78, 5) is 0. The second-order valence-electron chi connectivity index (χ2n) is 4.17. The normalized spacial score (nSPS) is 25.4. The largest absolute Gasteiger partial charge is 0.380 e. The summed E-state index contributed by atoms with van der Waals surface area (Å²) in [7, 11) is 0. The van der Waals surface area contributed by atoms with E-state index in [-0.39, 0.29) is 12.1 Å². The number of halogens is 2. The molecule has 1 saturated heterocycles. The summed E-state index contributed by atoms with van der Waals surface area (Å²) in [6.07, 6.45) is 1.88. The predicted molar refractivity (Wildman–Crippen MR) is 58.4 cm³/mol. The van der Waals surface area contributed by atoms with E-state index in [1.807, 2.05) is 6.92 Å². The average Bonchev–Trinajstić information content (AvgIpc) is 2.22. The van der Waals surface area contributed by atoms with Crippen LogP contribution in [0.3, 0.4) is 0 Å². The van der Waals surface area contributed by atoms with Gasteiger partial charge in [-0.3, -0.25) is 0 Å². The molecule has 2 unspecified atom stereocenters. The fourth-order valence-corrected chi connectivity index (χ4v) is 1.96. The zero-order valence-electron chi connectivity index (χ0n) is 9.17. The topological polar surface area (TPSA) is 21.3 Å². The first-order valence-electron chi connectivity index (χ1n) is 5.48. The number of hydrogen-bond acceptors (Lipinski definition) is 2. The lowest BCUT2D eigenvalue weighted by atomic mass is 10.0. The van der Waals surface area contributed by atoms with Gasteiger partial charge in [-0.1, -0.05) is 0 Å². The van der Waals surface area contributed by atoms with Crippen molar-refractivity contribution in [2.75, 3.05) is 11.9 Å². The molecule has 1 aromatic carbocycles.